The number of nitrogens with zero attached hydrogens (tertiary/aromatic N) is 2. The first-order valence-electron chi connectivity index (χ1n) is 10.3. The molecule has 1 N–H and O–H groups in total. The minimum Gasteiger partial charge on any atom is -0.494 e. The SMILES string of the molecule is CCOc1cccc(CN2CCC(C(=O)N3CC(=O)Nc4ccccc43)CC2)c1. The van der Waals surface area contributed by atoms with Crippen LogP contribution in [0.1, 0.15) is 25.3 Å². The Hall–Kier alpha value is -2.86. The summed E-state index contributed by atoms with van der Waals surface area (Å²) in [6.07, 6.45) is 1.62. The van der Waals surface area contributed by atoms with Crippen molar-refractivity contribution in [3.8, 4) is 5.75 Å². The summed E-state index contributed by atoms with van der Waals surface area (Å²) in [5.41, 5.74) is 2.73. The highest BCUT2D eigenvalue weighted by molar-refractivity contribution is 6.10. The molecule has 6 nitrogen and oxygen atoms in total. The molecular formula is C23H27N3O3. The van der Waals surface area contributed by atoms with Gasteiger partial charge in [-0.3, -0.25) is 14.5 Å². The van der Waals surface area contributed by atoms with Crippen molar-refractivity contribution in [2.24, 2.45) is 5.92 Å². The number of fused-ring (bicyclic) bond motifs is 1. The number of benzene rings is 2. The van der Waals surface area contributed by atoms with E-state index in [4.69, 9.17) is 4.74 Å². The van der Waals surface area contributed by atoms with Crippen LogP contribution in [-0.2, 0) is 16.1 Å². The Morgan fingerprint density at radius 3 is 2.72 bits per heavy atom. The van der Waals surface area contributed by atoms with E-state index in [1.165, 1.54) is 5.56 Å². The lowest BCUT2D eigenvalue weighted by Crippen LogP contribution is -2.47. The van der Waals surface area contributed by atoms with Gasteiger partial charge in [-0.25, -0.2) is 0 Å². The van der Waals surface area contributed by atoms with Crippen LogP contribution in [0.4, 0.5) is 11.4 Å². The number of nitrogens with one attached hydrogen (secondary N) is 1. The Morgan fingerprint density at radius 1 is 1.14 bits per heavy atom. The molecule has 2 aromatic carbocycles. The largest absolute Gasteiger partial charge is 0.494 e. The molecule has 2 aliphatic rings. The number of carbonyl (C=O) groups excluding carboxylic acids is 2. The van der Waals surface area contributed by atoms with E-state index in [1.807, 2.05) is 43.3 Å². The number of hydrogen-bond donors (Lipinski definition) is 1. The van der Waals surface area contributed by atoms with Crippen LogP contribution >= 0.6 is 0 Å². The number of amides is 2. The average Bonchev–Trinajstić information content (AvgIpc) is 2.74. The van der Waals surface area contributed by atoms with E-state index in [1.54, 1.807) is 4.90 Å². The van der Waals surface area contributed by atoms with Gasteiger partial charge in [0.05, 0.1) is 18.0 Å². The smallest absolute Gasteiger partial charge is 0.244 e. The second-order valence-corrected chi connectivity index (χ2v) is 7.62. The summed E-state index contributed by atoms with van der Waals surface area (Å²) >= 11 is 0. The predicted octanol–water partition coefficient (Wildman–Crippen LogP) is 3.28. The molecule has 2 aliphatic heterocycles. The van der Waals surface area contributed by atoms with Gasteiger partial charge < -0.3 is 15.0 Å². The van der Waals surface area contributed by atoms with Crippen LogP contribution < -0.4 is 15.0 Å². The van der Waals surface area contributed by atoms with Crippen LogP contribution in [0, 0.1) is 5.92 Å². The molecule has 0 aromatic heterocycles. The summed E-state index contributed by atoms with van der Waals surface area (Å²) in [4.78, 5) is 29.2. The van der Waals surface area contributed by atoms with E-state index in [-0.39, 0.29) is 24.3 Å². The van der Waals surface area contributed by atoms with Gasteiger partial charge in [0.2, 0.25) is 11.8 Å². The maximum Gasteiger partial charge on any atom is 0.244 e. The van der Waals surface area contributed by atoms with Gasteiger partial charge >= 0.3 is 0 Å². The first-order chi connectivity index (χ1) is 14.1. The van der Waals surface area contributed by atoms with E-state index in [2.05, 4.69) is 22.3 Å². The lowest BCUT2D eigenvalue weighted by molar-refractivity contribution is -0.125. The highest BCUT2D eigenvalue weighted by Crippen LogP contribution is 2.32. The summed E-state index contributed by atoms with van der Waals surface area (Å²) in [5.74, 6) is 0.783. The molecule has 0 atom stereocenters. The molecular weight excluding hydrogens is 366 g/mol. The van der Waals surface area contributed by atoms with Gasteiger partial charge in [0.15, 0.2) is 0 Å². The molecule has 1 fully saturated rings. The van der Waals surface area contributed by atoms with Gasteiger partial charge in [-0.1, -0.05) is 24.3 Å². The second-order valence-electron chi connectivity index (χ2n) is 7.62. The minimum atomic E-state index is -0.135. The third-order valence-corrected chi connectivity index (χ3v) is 5.59. The molecule has 29 heavy (non-hydrogen) atoms. The van der Waals surface area contributed by atoms with Crippen molar-refractivity contribution in [1.29, 1.82) is 0 Å². The number of ether oxygens (including phenoxy) is 1. The highest BCUT2D eigenvalue weighted by atomic mass is 16.5. The third-order valence-electron chi connectivity index (χ3n) is 5.59. The van der Waals surface area contributed by atoms with Gasteiger partial charge in [-0.15, -0.1) is 0 Å². The zero-order valence-electron chi connectivity index (χ0n) is 16.8. The zero-order valence-corrected chi connectivity index (χ0v) is 16.8. The molecule has 152 valence electrons. The molecule has 0 aliphatic carbocycles. The Morgan fingerprint density at radius 2 is 1.93 bits per heavy atom. The molecule has 6 heteroatoms. The Balaban J connectivity index is 1.37. The quantitative estimate of drug-likeness (QED) is 0.847. The average molecular weight is 393 g/mol. The zero-order chi connectivity index (χ0) is 20.2. The number of para-hydroxylation sites is 2. The number of likely N-dealkylation sites (tertiary alicyclic amines) is 1. The lowest BCUT2D eigenvalue weighted by atomic mass is 9.94. The van der Waals surface area contributed by atoms with Crippen molar-refractivity contribution in [2.75, 3.05) is 36.5 Å². The maximum atomic E-state index is 13.2. The number of piperidine rings is 1. The molecule has 4 rings (SSSR count). The minimum absolute atomic E-state index is 0.0417. The van der Waals surface area contributed by atoms with E-state index in [0.717, 1.165) is 43.9 Å². The van der Waals surface area contributed by atoms with Crippen molar-refractivity contribution in [3.63, 3.8) is 0 Å². The summed E-state index contributed by atoms with van der Waals surface area (Å²) in [6.45, 7) is 5.35. The van der Waals surface area contributed by atoms with Crippen molar-refractivity contribution < 1.29 is 14.3 Å². The highest BCUT2D eigenvalue weighted by Gasteiger charge is 2.33. The number of hydrogen-bond acceptors (Lipinski definition) is 4. The molecule has 0 radical (unpaired) electrons. The third kappa shape index (κ3) is 4.43. The molecule has 2 heterocycles. The van der Waals surface area contributed by atoms with Gasteiger partial charge in [-0.2, -0.15) is 0 Å². The summed E-state index contributed by atoms with van der Waals surface area (Å²) in [5, 5.41) is 2.84. The van der Waals surface area contributed by atoms with Crippen LogP contribution in [0.2, 0.25) is 0 Å². The summed E-state index contributed by atoms with van der Waals surface area (Å²) < 4.78 is 5.59. The lowest BCUT2D eigenvalue weighted by Gasteiger charge is -2.36. The number of rotatable bonds is 5. The Bertz CT molecular complexity index is 890. The molecule has 0 saturated carbocycles. The molecule has 0 bridgehead atoms. The fourth-order valence-electron chi connectivity index (χ4n) is 4.15. The summed E-state index contributed by atoms with van der Waals surface area (Å²) in [7, 11) is 0. The topological polar surface area (TPSA) is 61.9 Å². The van der Waals surface area contributed by atoms with Gasteiger partial charge in [0.1, 0.15) is 12.3 Å². The fourth-order valence-corrected chi connectivity index (χ4v) is 4.15. The molecule has 0 spiro atoms. The standard InChI is InChI=1S/C23H27N3O3/c1-2-29-19-7-5-6-17(14-19)15-25-12-10-18(11-13-25)23(28)26-16-22(27)24-20-8-3-4-9-21(20)26/h3-9,14,18H,2,10-13,15-16H2,1H3,(H,24,27). The van der Waals surface area contributed by atoms with Crippen molar-refractivity contribution in [2.45, 2.75) is 26.3 Å². The van der Waals surface area contributed by atoms with Gasteiger partial charge in [-0.05, 0) is 62.7 Å². The molecule has 0 unspecified atom stereocenters. The van der Waals surface area contributed by atoms with E-state index in [0.29, 0.717) is 12.3 Å². The maximum absolute atomic E-state index is 13.2. The van der Waals surface area contributed by atoms with Crippen LogP contribution in [-0.4, -0.2) is 43.0 Å². The first kappa shape index (κ1) is 19.5. The Kier molecular flexibility index (Phi) is 5.81. The van der Waals surface area contributed by atoms with E-state index >= 15 is 0 Å². The van der Waals surface area contributed by atoms with Gasteiger partial charge in [0.25, 0.3) is 0 Å². The van der Waals surface area contributed by atoms with Crippen molar-refractivity contribution >= 4 is 23.2 Å². The fraction of sp³-hybridized carbons (Fsp3) is 0.391. The Labute approximate surface area is 171 Å². The monoisotopic (exact) mass is 393 g/mol. The van der Waals surface area contributed by atoms with Crippen molar-refractivity contribution in [3.05, 3.63) is 54.1 Å². The van der Waals surface area contributed by atoms with Crippen LogP contribution in [0.15, 0.2) is 48.5 Å². The van der Waals surface area contributed by atoms with E-state index < -0.39 is 0 Å². The number of carbonyl (C=O) groups is 2. The molecule has 1 saturated heterocycles. The molecule has 2 amide bonds. The first-order valence-corrected chi connectivity index (χ1v) is 10.3. The molecule has 2 aromatic rings. The predicted molar refractivity (Wildman–Crippen MR) is 113 cm³/mol. The van der Waals surface area contributed by atoms with E-state index in [9.17, 15) is 9.59 Å². The number of anilines is 2. The van der Waals surface area contributed by atoms with Crippen LogP contribution in [0.3, 0.4) is 0 Å². The van der Waals surface area contributed by atoms with Gasteiger partial charge in [0, 0.05) is 12.5 Å². The second kappa shape index (κ2) is 8.66. The van der Waals surface area contributed by atoms with Crippen LogP contribution in [0.25, 0.3) is 0 Å². The van der Waals surface area contributed by atoms with Crippen LogP contribution in [0.5, 0.6) is 5.75 Å². The normalized spacial score (nSPS) is 17.6. The van der Waals surface area contributed by atoms with Crippen molar-refractivity contribution in [1.82, 2.24) is 4.90 Å². The summed E-state index contributed by atoms with van der Waals surface area (Å²) in [6, 6.07) is 15.7.